The van der Waals surface area contributed by atoms with Crippen LogP contribution in [0.15, 0.2) is 42.5 Å². The first-order valence-electron chi connectivity index (χ1n) is 12.5. The third-order valence-corrected chi connectivity index (χ3v) is 6.32. The number of carbonyl (C=O) groups excluding carboxylic acids is 3. The van der Waals surface area contributed by atoms with E-state index in [-0.39, 0.29) is 18.7 Å². The molecule has 11 heteroatoms. The number of aromatic hydroxyl groups is 1. The van der Waals surface area contributed by atoms with Gasteiger partial charge in [-0.05, 0) is 93.6 Å². The molecule has 3 amide bonds. The third kappa shape index (κ3) is 9.67. The van der Waals surface area contributed by atoms with E-state index in [2.05, 4.69) is 10.6 Å². The van der Waals surface area contributed by atoms with Crippen LogP contribution >= 0.6 is 11.8 Å². The van der Waals surface area contributed by atoms with Crippen LogP contribution in [0, 0.1) is 6.92 Å². The van der Waals surface area contributed by atoms with Gasteiger partial charge in [0.1, 0.15) is 29.2 Å². The highest BCUT2D eigenvalue weighted by atomic mass is 32.2. The van der Waals surface area contributed by atoms with Crippen molar-refractivity contribution in [3.05, 3.63) is 53.6 Å². The van der Waals surface area contributed by atoms with Crippen molar-refractivity contribution in [2.45, 2.75) is 51.8 Å². The van der Waals surface area contributed by atoms with Gasteiger partial charge >= 0.3 is 6.09 Å². The largest absolute Gasteiger partial charge is 0.508 e. The Kier molecular flexibility index (Phi) is 11.9. The first-order chi connectivity index (χ1) is 18.4. The lowest BCUT2D eigenvalue weighted by atomic mass is 10.00. The fraction of sp³-hybridized carbons (Fsp3) is 0.464. The Hall–Kier alpha value is -3.44. The SMILES string of the molecule is COc1ccc(NC(=O)C(c2ccc(O)c(C)c2)N(CCO)C(=O)C(CCSC)NC(=O)OC(C)(C)C)cc1. The predicted octanol–water partition coefficient (Wildman–Crippen LogP) is 3.86. The molecule has 0 saturated carbocycles. The standard InChI is InChI=1S/C28H39N3O7S/c1-18-17-19(7-12-23(18)33)24(25(34)29-20-8-10-21(37-5)11-9-20)31(14-15-32)26(35)22(13-16-39-6)30-27(36)38-28(2,3)4/h7-12,17,22,24,32-33H,13-16H2,1-6H3,(H,29,34)(H,30,36). The number of aliphatic hydroxyl groups excluding tert-OH is 1. The molecule has 0 heterocycles. The minimum absolute atomic E-state index is 0.0394. The number of amides is 3. The number of nitrogens with one attached hydrogen (secondary N) is 2. The van der Waals surface area contributed by atoms with Crippen molar-refractivity contribution in [3.8, 4) is 11.5 Å². The lowest BCUT2D eigenvalue weighted by Gasteiger charge is -2.34. The van der Waals surface area contributed by atoms with Crippen molar-refractivity contribution in [1.82, 2.24) is 10.2 Å². The van der Waals surface area contributed by atoms with E-state index in [0.717, 1.165) is 0 Å². The summed E-state index contributed by atoms with van der Waals surface area (Å²) in [5.41, 5.74) is 0.645. The van der Waals surface area contributed by atoms with Gasteiger partial charge in [-0.15, -0.1) is 0 Å². The van der Waals surface area contributed by atoms with Crippen LogP contribution in [-0.4, -0.2) is 76.9 Å². The quantitative estimate of drug-likeness (QED) is 0.307. The normalized spacial score (nSPS) is 12.7. The Labute approximate surface area is 234 Å². The summed E-state index contributed by atoms with van der Waals surface area (Å²) in [6, 6.07) is 9.14. The minimum Gasteiger partial charge on any atom is -0.508 e. The average molecular weight is 562 g/mol. The van der Waals surface area contributed by atoms with Crippen molar-refractivity contribution in [2.75, 3.05) is 37.6 Å². The zero-order valence-electron chi connectivity index (χ0n) is 23.3. The highest BCUT2D eigenvalue weighted by molar-refractivity contribution is 7.98. The minimum atomic E-state index is -1.18. The maximum absolute atomic E-state index is 13.9. The molecule has 2 aromatic rings. The number of alkyl carbamates (subject to hydrolysis) is 1. The molecule has 10 nitrogen and oxygen atoms in total. The van der Waals surface area contributed by atoms with E-state index in [1.165, 1.54) is 29.8 Å². The molecule has 4 N–H and O–H groups in total. The molecule has 0 spiro atoms. The molecule has 2 unspecified atom stereocenters. The second-order valence-electron chi connectivity index (χ2n) is 9.90. The number of benzene rings is 2. The number of anilines is 1. The highest BCUT2D eigenvalue weighted by Crippen LogP contribution is 2.29. The summed E-state index contributed by atoms with van der Waals surface area (Å²) in [6.45, 7) is 6.24. The second kappa shape index (κ2) is 14.6. The number of hydrogen-bond acceptors (Lipinski definition) is 8. The number of aliphatic hydroxyl groups is 1. The van der Waals surface area contributed by atoms with Crippen molar-refractivity contribution in [2.24, 2.45) is 0 Å². The van der Waals surface area contributed by atoms with Crippen LogP contribution in [0.2, 0.25) is 0 Å². The number of phenolic OH excluding ortho intramolecular Hbond substituents is 1. The predicted molar refractivity (Wildman–Crippen MR) is 152 cm³/mol. The zero-order chi connectivity index (χ0) is 29.2. The third-order valence-electron chi connectivity index (χ3n) is 5.68. The van der Waals surface area contributed by atoms with Gasteiger partial charge in [0.25, 0.3) is 5.91 Å². The van der Waals surface area contributed by atoms with Crippen molar-refractivity contribution in [3.63, 3.8) is 0 Å². The second-order valence-corrected chi connectivity index (χ2v) is 10.9. The van der Waals surface area contributed by atoms with Gasteiger partial charge in [-0.2, -0.15) is 11.8 Å². The summed E-state index contributed by atoms with van der Waals surface area (Å²) in [4.78, 5) is 41.5. The molecule has 0 aliphatic heterocycles. The molecule has 0 aliphatic rings. The van der Waals surface area contributed by atoms with E-state index >= 15 is 0 Å². The van der Waals surface area contributed by atoms with Gasteiger partial charge in [-0.25, -0.2) is 4.79 Å². The van der Waals surface area contributed by atoms with E-state index in [0.29, 0.717) is 28.3 Å². The van der Waals surface area contributed by atoms with Gasteiger partial charge in [0.15, 0.2) is 0 Å². The molecular formula is C28H39N3O7S. The molecule has 39 heavy (non-hydrogen) atoms. The zero-order valence-corrected chi connectivity index (χ0v) is 24.1. The monoisotopic (exact) mass is 561 g/mol. The molecule has 2 aromatic carbocycles. The van der Waals surface area contributed by atoms with Crippen LogP contribution < -0.4 is 15.4 Å². The smallest absolute Gasteiger partial charge is 0.408 e. The Bertz CT molecular complexity index is 1120. The number of nitrogens with zero attached hydrogens (tertiary/aromatic N) is 1. The molecule has 0 saturated heterocycles. The van der Waals surface area contributed by atoms with Crippen LogP contribution in [0.25, 0.3) is 0 Å². The Morgan fingerprint density at radius 3 is 2.31 bits per heavy atom. The number of phenols is 1. The number of aryl methyl sites for hydroxylation is 1. The van der Waals surface area contributed by atoms with Gasteiger partial charge in [-0.1, -0.05) is 6.07 Å². The lowest BCUT2D eigenvalue weighted by Crippen LogP contribution is -2.53. The maximum atomic E-state index is 13.9. The van der Waals surface area contributed by atoms with Crippen LogP contribution in [0.3, 0.4) is 0 Å². The van der Waals surface area contributed by atoms with Gasteiger partial charge < -0.3 is 35.2 Å². The summed E-state index contributed by atoms with van der Waals surface area (Å²) in [7, 11) is 1.54. The summed E-state index contributed by atoms with van der Waals surface area (Å²) in [5, 5.41) is 25.5. The number of methoxy groups -OCH3 is 1. The fourth-order valence-corrected chi connectivity index (χ4v) is 4.30. The topological polar surface area (TPSA) is 137 Å². The Morgan fingerprint density at radius 1 is 1.10 bits per heavy atom. The molecule has 0 aromatic heterocycles. The van der Waals surface area contributed by atoms with Crippen LogP contribution in [0.5, 0.6) is 11.5 Å². The summed E-state index contributed by atoms with van der Waals surface area (Å²) < 4.78 is 10.5. The maximum Gasteiger partial charge on any atom is 0.408 e. The summed E-state index contributed by atoms with van der Waals surface area (Å²) in [5.74, 6) is 0.121. The van der Waals surface area contributed by atoms with Gasteiger partial charge in [-0.3, -0.25) is 9.59 Å². The van der Waals surface area contributed by atoms with E-state index in [1.54, 1.807) is 64.1 Å². The van der Waals surface area contributed by atoms with Gasteiger partial charge in [0.2, 0.25) is 5.91 Å². The van der Waals surface area contributed by atoms with Crippen LogP contribution in [0.4, 0.5) is 10.5 Å². The first kappa shape index (κ1) is 31.8. The number of hydrogen-bond donors (Lipinski definition) is 4. The average Bonchev–Trinajstić information content (AvgIpc) is 2.87. The van der Waals surface area contributed by atoms with Crippen molar-refractivity contribution in [1.29, 1.82) is 0 Å². The number of rotatable bonds is 12. The van der Waals surface area contributed by atoms with E-state index in [9.17, 15) is 24.6 Å². The molecule has 0 fully saturated rings. The van der Waals surface area contributed by atoms with Gasteiger partial charge in [0.05, 0.1) is 13.7 Å². The van der Waals surface area contributed by atoms with E-state index in [1.807, 2.05) is 6.26 Å². The molecule has 0 bridgehead atoms. The number of carbonyl (C=O) groups is 3. The Morgan fingerprint density at radius 2 is 1.77 bits per heavy atom. The van der Waals surface area contributed by atoms with Crippen molar-refractivity contribution < 1.29 is 34.1 Å². The number of thioether (sulfide) groups is 1. The molecule has 2 atom stereocenters. The summed E-state index contributed by atoms with van der Waals surface area (Å²) >= 11 is 1.50. The number of ether oxygens (including phenoxy) is 2. The first-order valence-corrected chi connectivity index (χ1v) is 13.9. The van der Waals surface area contributed by atoms with E-state index < -0.39 is 42.2 Å². The van der Waals surface area contributed by atoms with Crippen molar-refractivity contribution >= 4 is 35.4 Å². The molecule has 0 radical (unpaired) electrons. The Balaban J connectivity index is 2.50. The molecule has 214 valence electrons. The lowest BCUT2D eigenvalue weighted by molar-refractivity contribution is -0.141. The summed E-state index contributed by atoms with van der Waals surface area (Å²) in [6.07, 6.45) is 1.40. The molecular weight excluding hydrogens is 522 g/mol. The van der Waals surface area contributed by atoms with Gasteiger partial charge in [0, 0.05) is 12.2 Å². The molecule has 2 rings (SSSR count). The molecule has 0 aliphatic carbocycles. The fourth-order valence-electron chi connectivity index (χ4n) is 3.82. The highest BCUT2D eigenvalue weighted by Gasteiger charge is 2.36. The van der Waals surface area contributed by atoms with Crippen LogP contribution in [-0.2, 0) is 14.3 Å². The van der Waals surface area contributed by atoms with Crippen LogP contribution in [0.1, 0.15) is 44.4 Å². The van der Waals surface area contributed by atoms with E-state index in [4.69, 9.17) is 9.47 Å².